The van der Waals surface area contributed by atoms with E-state index in [4.69, 9.17) is 19.1 Å². The van der Waals surface area contributed by atoms with E-state index in [2.05, 4.69) is 65.2 Å². The summed E-state index contributed by atoms with van der Waals surface area (Å²) in [6.07, 6.45) is 19.5. The number of nitrogens with zero attached hydrogens (tertiary/aromatic N) is 2. The van der Waals surface area contributed by atoms with Crippen LogP contribution < -0.4 is 0 Å². The number of hydrogen-bond donors (Lipinski definition) is 0. The molecule has 0 aromatic carbocycles. The van der Waals surface area contributed by atoms with Crippen molar-refractivity contribution in [3.8, 4) is 23.7 Å². The van der Waals surface area contributed by atoms with Gasteiger partial charge < -0.3 is 9.47 Å². The van der Waals surface area contributed by atoms with Gasteiger partial charge in [0, 0.05) is 12.8 Å². The number of unbranched alkanes of at least 4 members (excludes halogenated alkanes) is 15. The van der Waals surface area contributed by atoms with E-state index in [1.165, 1.54) is 51.4 Å². The summed E-state index contributed by atoms with van der Waals surface area (Å²) >= 11 is 0. The molecule has 0 fully saturated rings. The van der Waals surface area contributed by atoms with Crippen molar-refractivity contribution in [2.45, 2.75) is 232 Å². The zero-order chi connectivity index (χ0) is 38.7. The summed E-state index contributed by atoms with van der Waals surface area (Å²) in [6, 6.07) is 0. The van der Waals surface area contributed by atoms with Crippen LogP contribution in [-0.4, -0.2) is 69.6 Å². The van der Waals surface area contributed by atoms with Gasteiger partial charge in [-0.25, -0.2) is 0 Å². The van der Waals surface area contributed by atoms with Crippen LogP contribution in [0.3, 0.4) is 0 Å². The highest BCUT2D eigenvalue weighted by Gasteiger charge is 2.49. The highest BCUT2D eigenvalue weighted by Crippen LogP contribution is 2.35. The molecular formula is C44H76N2O6. The second kappa shape index (κ2) is 23.0. The van der Waals surface area contributed by atoms with E-state index in [0.29, 0.717) is 26.1 Å². The molecule has 8 heteroatoms. The van der Waals surface area contributed by atoms with Crippen molar-refractivity contribution < 1.29 is 28.7 Å². The smallest absolute Gasteiger partial charge is 0.307 e. The molecule has 2 rings (SSSR count). The van der Waals surface area contributed by atoms with Gasteiger partial charge in [0.05, 0.1) is 24.3 Å². The van der Waals surface area contributed by atoms with Gasteiger partial charge in [0.1, 0.15) is 11.1 Å². The molecular weight excluding hydrogens is 652 g/mol. The molecule has 0 aromatic heterocycles. The fourth-order valence-corrected chi connectivity index (χ4v) is 7.30. The van der Waals surface area contributed by atoms with E-state index in [9.17, 15) is 9.59 Å². The van der Waals surface area contributed by atoms with Crippen LogP contribution in [-0.2, 0) is 28.7 Å². The first-order valence-electron chi connectivity index (χ1n) is 20.9. The van der Waals surface area contributed by atoms with Gasteiger partial charge in [-0.15, -0.1) is 0 Å². The lowest BCUT2D eigenvalue weighted by molar-refractivity contribution is -0.271. The van der Waals surface area contributed by atoms with Crippen molar-refractivity contribution in [1.82, 2.24) is 10.1 Å². The maximum absolute atomic E-state index is 12.8. The first kappa shape index (κ1) is 46.1. The summed E-state index contributed by atoms with van der Waals surface area (Å²) in [7, 11) is 0. The lowest BCUT2D eigenvalue weighted by atomic mass is 9.87. The van der Waals surface area contributed by atoms with Crippen LogP contribution in [0.2, 0.25) is 0 Å². The highest BCUT2D eigenvalue weighted by molar-refractivity contribution is 5.70. The van der Waals surface area contributed by atoms with Gasteiger partial charge in [-0.3, -0.25) is 19.3 Å². The summed E-state index contributed by atoms with van der Waals surface area (Å²) in [4.78, 5) is 38.2. The second-order valence-corrected chi connectivity index (χ2v) is 17.1. The molecule has 0 saturated heterocycles. The monoisotopic (exact) mass is 729 g/mol. The van der Waals surface area contributed by atoms with Crippen LogP contribution in [0, 0.1) is 23.7 Å². The van der Waals surface area contributed by atoms with Crippen LogP contribution in [0.25, 0.3) is 0 Å². The van der Waals surface area contributed by atoms with Crippen LogP contribution in [0.4, 0.5) is 0 Å². The Kier molecular flexibility index (Phi) is 20.3. The van der Waals surface area contributed by atoms with Crippen LogP contribution >= 0.6 is 0 Å². The Hall–Kier alpha value is -2.10. The predicted molar refractivity (Wildman–Crippen MR) is 211 cm³/mol. The third kappa shape index (κ3) is 15.3. The number of carbonyl (C=O) groups is 2. The standard InChI is InChI=1S/C44H76N2O6/c1-11-13-15-17-23-27-35-49-45-41(3,4)33-31-37(43(45,7)8)51-39(47)29-25-21-19-20-22-26-30-40(48)52-38-32-34-42(5,6)46(44(38,9)10)50-36-28-24-18-16-14-12-2/h37-38H,11-30,35-36H2,1-10H3. The number of ether oxygens (including phenoxy) is 2. The van der Waals surface area contributed by atoms with Gasteiger partial charge in [-0.05, 0) is 81.1 Å². The molecule has 0 spiro atoms. The molecule has 0 saturated carbocycles. The Labute approximate surface area is 319 Å². The van der Waals surface area contributed by atoms with Crippen molar-refractivity contribution in [2.24, 2.45) is 0 Å². The molecule has 298 valence electrons. The molecule has 0 amide bonds. The lowest BCUT2D eigenvalue weighted by Gasteiger charge is -2.48. The Morgan fingerprint density at radius 2 is 0.788 bits per heavy atom. The topological polar surface area (TPSA) is 77.5 Å². The first-order valence-corrected chi connectivity index (χ1v) is 20.9. The molecule has 0 N–H and O–H groups in total. The van der Waals surface area contributed by atoms with Crippen molar-refractivity contribution in [3.63, 3.8) is 0 Å². The molecule has 2 heterocycles. The largest absolute Gasteiger partial charge is 0.447 e. The van der Waals surface area contributed by atoms with Crippen LogP contribution in [0.1, 0.15) is 198 Å². The van der Waals surface area contributed by atoms with E-state index in [1.807, 2.05) is 37.8 Å². The molecule has 0 aromatic rings. The summed E-state index contributed by atoms with van der Waals surface area (Å²) in [6.45, 7) is 22.1. The average Bonchev–Trinajstić information content (AvgIpc) is 3.06. The zero-order valence-corrected chi connectivity index (χ0v) is 35.1. The van der Waals surface area contributed by atoms with Crippen molar-refractivity contribution in [1.29, 1.82) is 0 Å². The molecule has 2 aliphatic rings. The highest BCUT2D eigenvalue weighted by atomic mass is 16.7. The Balaban J connectivity index is 1.65. The van der Waals surface area contributed by atoms with E-state index in [-0.39, 0.29) is 11.9 Å². The molecule has 0 aliphatic carbocycles. The third-order valence-corrected chi connectivity index (χ3v) is 10.3. The number of rotatable bonds is 27. The minimum Gasteiger partial charge on any atom is -0.447 e. The van der Waals surface area contributed by atoms with Gasteiger partial charge in [-0.1, -0.05) is 127 Å². The zero-order valence-electron chi connectivity index (χ0n) is 35.1. The minimum absolute atomic E-state index is 0.214. The van der Waals surface area contributed by atoms with Gasteiger partial charge >= 0.3 is 11.9 Å². The fraction of sp³-hybridized carbons (Fsp3) is 0.864. The third-order valence-electron chi connectivity index (χ3n) is 10.3. The summed E-state index contributed by atoms with van der Waals surface area (Å²) in [5.41, 5.74) is -2.06. The van der Waals surface area contributed by atoms with Crippen LogP contribution in [0.5, 0.6) is 0 Å². The first-order chi connectivity index (χ1) is 24.6. The Bertz CT molecular complexity index is 1090. The van der Waals surface area contributed by atoms with Gasteiger partial charge in [0.2, 0.25) is 0 Å². The van der Waals surface area contributed by atoms with E-state index >= 15 is 0 Å². The number of esters is 2. The Morgan fingerprint density at radius 3 is 1.13 bits per heavy atom. The predicted octanol–water partition coefficient (Wildman–Crippen LogP) is 10.3. The van der Waals surface area contributed by atoms with E-state index in [1.54, 1.807) is 0 Å². The quantitative estimate of drug-likeness (QED) is 0.0470. The lowest BCUT2D eigenvalue weighted by Crippen LogP contribution is -2.63. The maximum atomic E-state index is 12.8. The average molecular weight is 729 g/mol. The summed E-state index contributed by atoms with van der Waals surface area (Å²) in [5, 5.41) is 3.89. The molecule has 0 radical (unpaired) electrons. The van der Waals surface area contributed by atoms with E-state index < -0.39 is 34.4 Å². The normalized spacial score (nSPS) is 21.4. The molecule has 2 atom stereocenters. The molecule has 2 aliphatic heterocycles. The SMILES string of the molecule is CCCCCCCCON1C(C)(C)C#CC(OC(=O)CCCCCCCCC(=O)OC2C#CC(C)(C)N(OCCCCCCCC)C2(C)C)C1(C)C. The van der Waals surface area contributed by atoms with Crippen molar-refractivity contribution in [2.75, 3.05) is 13.2 Å². The molecule has 8 nitrogen and oxygen atoms in total. The van der Waals surface area contributed by atoms with Gasteiger partial charge in [0.15, 0.2) is 12.2 Å². The number of carbonyl (C=O) groups excluding carboxylic acids is 2. The minimum atomic E-state index is -0.565. The fourth-order valence-electron chi connectivity index (χ4n) is 7.30. The number of hydrogen-bond acceptors (Lipinski definition) is 8. The molecule has 52 heavy (non-hydrogen) atoms. The molecule has 2 unspecified atom stereocenters. The number of hydroxylamine groups is 4. The Morgan fingerprint density at radius 1 is 0.481 bits per heavy atom. The maximum Gasteiger partial charge on any atom is 0.307 e. The van der Waals surface area contributed by atoms with Crippen LogP contribution in [0.15, 0.2) is 0 Å². The molecule has 0 bridgehead atoms. The van der Waals surface area contributed by atoms with E-state index in [0.717, 1.165) is 64.2 Å². The van der Waals surface area contributed by atoms with Crippen molar-refractivity contribution in [3.05, 3.63) is 0 Å². The second-order valence-electron chi connectivity index (χ2n) is 17.1. The van der Waals surface area contributed by atoms with Crippen molar-refractivity contribution >= 4 is 11.9 Å². The van der Waals surface area contributed by atoms with Gasteiger partial charge in [-0.2, -0.15) is 10.1 Å². The van der Waals surface area contributed by atoms with Gasteiger partial charge in [0.25, 0.3) is 0 Å². The summed E-state index contributed by atoms with van der Waals surface area (Å²) < 4.78 is 11.8. The summed E-state index contributed by atoms with van der Waals surface area (Å²) in [5.74, 6) is 12.5.